The zero-order valence-electron chi connectivity index (χ0n) is 15.1. The highest BCUT2D eigenvalue weighted by Crippen LogP contribution is 2.26. The summed E-state index contributed by atoms with van der Waals surface area (Å²) in [7, 11) is -3.69. The number of ether oxygens (including phenoxy) is 1. The van der Waals surface area contributed by atoms with E-state index >= 15 is 0 Å². The van der Waals surface area contributed by atoms with Crippen molar-refractivity contribution < 1.29 is 17.9 Å². The van der Waals surface area contributed by atoms with Gasteiger partial charge in [0.05, 0.1) is 11.5 Å². The van der Waals surface area contributed by atoms with Crippen LogP contribution < -0.4 is 9.62 Å². The normalized spacial score (nSPS) is 15.2. The van der Waals surface area contributed by atoms with Crippen molar-refractivity contribution in [2.75, 3.05) is 29.4 Å². The summed E-state index contributed by atoms with van der Waals surface area (Å²) in [5, 5.41) is 0. The fraction of sp³-hybridized carbons (Fsp3) is 0.316. The number of nitrogens with one attached hydrogen (secondary N) is 1. The zero-order valence-corrected chi connectivity index (χ0v) is 15.9. The van der Waals surface area contributed by atoms with E-state index in [-0.39, 0.29) is 12.5 Å². The average Bonchev–Trinajstić information content (AvgIpc) is 2.54. The van der Waals surface area contributed by atoms with Gasteiger partial charge in [0.15, 0.2) is 0 Å². The van der Waals surface area contributed by atoms with E-state index in [9.17, 15) is 13.2 Å². The smallest absolute Gasteiger partial charge is 0.262 e. The number of amides is 1. The zero-order chi connectivity index (χ0) is 18.9. The Hall–Kier alpha value is -2.38. The maximum atomic E-state index is 12.8. The van der Waals surface area contributed by atoms with Gasteiger partial charge in [-0.25, -0.2) is 8.42 Å². The van der Waals surface area contributed by atoms with Crippen LogP contribution in [0.4, 0.5) is 11.4 Å². The van der Waals surface area contributed by atoms with E-state index < -0.39 is 10.0 Å². The largest absolute Gasteiger partial charge is 0.370 e. The van der Waals surface area contributed by atoms with Crippen molar-refractivity contribution in [3.8, 4) is 0 Å². The minimum Gasteiger partial charge on any atom is -0.370 e. The molecule has 1 aliphatic heterocycles. The summed E-state index contributed by atoms with van der Waals surface area (Å²) in [6.07, 6.45) is 0. The maximum absolute atomic E-state index is 12.8. The number of sulfonamides is 1. The first-order valence-electron chi connectivity index (χ1n) is 8.37. The molecular formula is C19H22N2O4S. The molecule has 0 unspecified atom stereocenters. The minimum atomic E-state index is -3.69. The van der Waals surface area contributed by atoms with E-state index in [1.165, 1.54) is 0 Å². The quantitative estimate of drug-likeness (QED) is 0.893. The van der Waals surface area contributed by atoms with Crippen LogP contribution in [-0.2, 0) is 19.6 Å². The molecule has 0 bridgehead atoms. The van der Waals surface area contributed by atoms with Crippen molar-refractivity contribution in [2.24, 2.45) is 0 Å². The topological polar surface area (TPSA) is 75.7 Å². The first-order chi connectivity index (χ1) is 12.3. The number of aryl methyl sites for hydroxylation is 3. The third kappa shape index (κ3) is 3.73. The highest BCUT2D eigenvalue weighted by Gasteiger charge is 2.22. The van der Waals surface area contributed by atoms with Gasteiger partial charge < -0.3 is 9.64 Å². The van der Waals surface area contributed by atoms with E-state index in [1.807, 2.05) is 19.1 Å². The number of carbonyl (C=O) groups excluding carboxylic acids is 1. The molecule has 0 radical (unpaired) electrons. The molecule has 1 fully saturated rings. The van der Waals surface area contributed by atoms with Crippen molar-refractivity contribution in [3.05, 3.63) is 53.1 Å². The summed E-state index contributed by atoms with van der Waals surface area (Å²) in [4.78, 5) is 13.8. The highest BCUT2D eigenvalue weighted by atomic mass is 32.2. The van der Waals surface area contributed by atoms with E-state index in [4.69, 9.17) is 4.74 Å². The fourth-order valence-corrected chi connectivity index (χ4v) is 4.81. The van der Waals surface area contributed by atoms with Crippen LogP contribution in [0.5, 0.6) is 0 Å². The lowest BCUT2D eigenvalue weighted by Gasteiger charge is -2.27. The van der Waals surface area contributed by atoms with Gasteiger partial charge in [0, 0.05) is 17.9 Å². The van der Waals surface area contributed by atoms with Gasteiger partial charge in [0.1, 0.15) is 6.61 Å². The molecule has 0 saturated carbocycles. The van der Waals surface area contributed by atoms with Crippen LogP contribution in [0.1, 0.15) is 16.7 Å². The molecule has 6 nitrogen and oxygen atoms in total. The van der Waals surface area contributed by atoms with Gasteiger partial charge in [-0.2, -0.15) is 0 Å². The summed E-state index contributed by atoms with van der Waals surface area (Å²) in [5.41, 5.74) is 3.63. The Bertz CT molecular complexity index is 914. The molecule has 0 atom stereocenters. The number of rotatable bonds is 4. The van der Waals surface area contributed by atoms with Crippen LogP contribution in [0.15, 0.2) is 41.3 Å². The second kappa shape index (κ2) is 7.09. The number of carbonyl (C=O) groups is 1. The van der Waals surface area contributed by atoms with Crippen LogP contribution in [0, 0.1) is 20.8 Å². The molecule has 1 N–H and O–H groups in total. The Morgan fingerprint density at radius 3 is 2.23 bits per heavy atom. The van der Waals surface area contributed by atoms with Crippen molar-refractivity contribution in [2.45, 2.75) is 25.7 Å². The van der Waals surface area contributed by atoms with Crippen molar-refractivity contribution >= 4 is 27.3 Å². The van der Waals surface area contributed by atoms with E-state index in [2.05, 4.69) is 4.72 Å². The molecule has 1 aliphatic rings. The molecule has 1 saturated heterocycles. The van der Waals surface area contributed by atoms with E-state index in [1.54, 1.807) is 43.0 Å². The van der Waals surface area contributed by atoms with Crippen molar-refractivity contribution in [1.82, 2.24) is 0 Å². The van der Waals surface area contributed by atoms with Crippen molar-refractivity contribution in [1.29, 1.82) is 0 Å². The fourth-order valence-electron chi connectivity index (χ4n) is 3.30. The lowest BCUT2D eigenvalue weighted by atomic mass is 10.1. The number of hydrogen-bond donors (Lipinski definition) is 1. The van der Waals surface area contributed by atoms with Crippen molar-refractivity contribution in [3.63, 3.8) is 0 Å². The second-order valence-electron chi connectivity index (χ2n) is 6.48. The van der Waals surface area contributed by atoms with E-state index in [0.717, 1.165) is 11.3 Å². The predicted molar refractivity (Wildman–Crippen MR) is 101 cm³/mol. The number of anilines is 2. The Morgan fingerprint density at radius 1 is 1.04 bits per heavy atom. The lowest BCUT2D eigenvalue weighted by Crippen LogP contribution is -2.41. The summed E-state index contributed by atoms with van der Waals surface area (Å²) in [5.74, 6) is -0.101. The first-order valence-corrected chi connectivity index (χ1v) is 9.85. The third-order valence-electron chi connectivity index (χ3n) is 4.29. The van der Waals surface area contributed by atoms with Gasteiger partial charge in [0.2, 0.25) is 0 Å². The molecular weight excluding hydrogens is 352 g/mol. The van der Waals surface area contributed by atoms with Crippen LogP contribution >= 0.6 is 0 Å². The van der Waals surface area contributed by atoms with Crippen LogP contribution in [-0.4, -0.2) is 34.1 Å². The van der Waals surface area contributed by atoms with Gasteiger partial charge in [-0.3, -0.25) is 9.52 Å². The van der Waals surface area contributed by atoms with Gasteiger partial charge in [-0.1, -0.05) is 17.7 Å². The highest BCUT2D eigenvalue weighted by molar-refractivity contribution is 7.92. The molecule has 26 heavy (non-hydrogen) atoms. The standard InChI is InChI=1S/C19H22N2O4S/c1-13-10-14(2)19(15(3)11-13)26(23,24)20-16-4-6-17(7-5-16)21-8-9-25-12-18(21)22/h4-7,10-11,20H,8-9,12H2,1-3H3. The predicted octanol–water partition coefficient (Wildman–Crippen LogP) is 2.78. The molecule has 0 spiro atoms. The number of nitrogens with zero attached hydrogens (tertiary/aromatic N) is 1. The number of morpholine rings is 1. The molecule has 0 aliphatic carbocycles. The van der Waals surface area contributed by atoms with Gasteiger partial charge in [-0.05, 0) is 56.2 Å². The van der Waals surface area contributed by atoms with Gasteiger partial charge >= 0.3 is 0 Å². The monoisotopic (exact) mass is 374 g/mol. The Labute approximate surface area is 153 Å². The summed E-state index contributed by atoms with van der Waals surface area (Å²) >= 11 is 0. The van der Waals surface area contributed by atoms with Gasteiger partial charge in [-0.15, -0.1) is 0 Å². The Morgan fingerprint density at radius 2 is 1.65 bits per heavy atom. The van der Waals surface area contributed by atoms with Crippen LogP contribution in [0.2, 0.25) is 0 Å². The van der Waals surface area contributed by atoms with Crippen LogP contribution in [0.25, 0.3) is 0 Å². The molecule has 1 amide bonds. The summed E-state index contributed by atoms with van der Waals surface area (Å²) in [6, 6.07) is 10.5. The Kier molecular flexibility index (Phi) is 5.02. The number of hydrogen-bond acceptors (Lipinski definition) is 4. The third-order valence-corrected chi connectivity index (χ3v) is 5.98. The molecule has 2 aromatic rings. The molecule has 138 valence electrons. The summed E-state index contributed by atoms with van der Waals surface area (Å²) < 4.78 is 33.3. The van der Waals surface area contributed by atoms with Gasteiger partial charge in [0.25, 0.3) is 15.9 Å². The molecule has 3 rings (SSSR count). The SMILES string of the molecule is Cc1cc(C)c(S(=O)(=O)Nc2ccc(N3CCOCC3=O)cc2)c(C)c1. The Balaban J connectivity index is 1.84. The first kappa shape index (κ1) is 18.4. The minimum absolute atomic E-state index is 0.0698. The average molecular weight is 374 g/mol. The summed E-state index contributed by atoms with van der Waals surface area (Å²) in [6.45, 7) is 6.58. The van der Waals surface area contributed by atoms with Crippen LogP contribution in [0.3, 0.4) is 0 Å². The maximum Gasteiger partial charge on any atom is 0.262 e. The molecule has 7 heteroatoms. The lowest BCUT2D eigenvalue weighted by molar-refractivity contribution is -0.125. The molecule has 2 aromatic carbocycles. The molecule has 1 heterocycles. The second-order valence-corrected chi connectivity index (χ2v) is 8.10. The number of benzene rings is 2. The van der Waals surface area contributed by atoms with E-state index in [0.29, 0.717) is 34.9 Å². The molecule has 0 aromatic heterocycles.